The minimum absolute atomic E-state index is 0. The molecule has 140 valence electrons. The molecule has 0 radical (unpaired) electrons. The molecule has 0 spiro atoms. The Morgan fingerprint density at radius 1 is 1.08 bits per heavy atom. The van der Waals surface area contributed by atoms with Crippen LogP contribution in [0.2, 0.25) is 5.02 Å². The van der Waals surface area contributed by atoms with Crippen LogP contribution in [0, 0.1) is 5.82 Å². The van der Waals surface area contributed by atoms with Gasteiger partial charge in [0.05, 0.1) is 10.6 Å². The number of aliphatic imine (C=N–C) groups is 1. The van der Waals surface area contributed by atoms with E-state index in [0.29, 0.717) is 36.2 Å². The maximum Gasteiger partial charge on any atom is 0.252 e. The van der Waals surface area contributed by atoms with Gasteiger partial charge in [0.15, 0.2) is 5.96 Å². The van der Waals surface area contributed by atoms with Crippen molar-refractivity contribution >= 4 is 47.4 Å². The Kier molecular flexibility index (Phi) is 9.97. The van der Waals surface area contributed by atoms with Gasteiger partial charge >= 0.3 is 0 Å². The number of nitrogens with one attached hydrogen (secondary N) is 3. The summed E-state index contributed by atoms with van der Waals surface area (Å²) in [7, 11) is 1.64. The molecule has 0 aliphatic rings. The third-order valence-electron chi connectivity index (χ3n) is 3.39. The van der Waals surface area contributed by atoms with Crippen LogP contribution in [-0.4, -0.2) is 32.0 Å². The number of benzene rings is 2. The molecule has 0 aliphatic carbocycles. The van der Waals surface area contributed by atoms with Crippen molar-refractivity contribution in [2.45, 2.75) is 6.54 Å². The average molecular weight is 491 g/mol. The number of nitrogens with zero attached hydrogens (tertiary/aromatic N) is 1. The lowest BCUT2D eigenvalue weighted by atomic mass is 10.2. The first-order valence-electron chi connectivity index (χ1n) is 7.82. The summed E-state index contributed by atoms with van der Waals surface area (Å²) in [6, 6.07) is 13.2. The van der Waals surface area contributed by atoms with Gasteiger partial charge in [-0.3, -0.25) is 9.79 Å². The van der Waals surface area contributed by atoms with E-state index >= 15 is 0 Å². The fourth-order valence-corrected chi connectivity index (χ4v) is 2.37. The molecule has 0 bridgehead atoms. The van der Waals surface area contributed by atoms with Crippen LogP contribution in [0.3, 0.4) is 0 Å². The van der Waals surface area contributed by atoms with Gasteiger partial charge in [0.2, 0.25) is 0 Å². The summed E-state index contributed by atoms with van der Waals surface area (Å²) in [4.78, 5) is 16.1. The number of amides is 1. The molecule has 5 nitrogen and oxygen atoms in total. The summed E-state index contributed by atoms with van der Waals surface area (Å²) >= 11 is 5.98. The Hall–Kier alpha value is -1.87. The number of halogens is 3. The molecule has 0 aromatic heterocycles. The molecular formula is C18H21ClFIN4O. The number of carbonyl (C=O) groups excluding carboxylic acids is 1. The van der Waals surface area contributed by atoms with E-state index in [-0.39, 0.29) is 35.7 Å². The first-order valence-corrected chi connectivity index (χ1v) is 8.19. The maximum atomic E-state index is 13.1. The average Bonchev–Trinajstić information content (AvgIpc) is 2.61. The SMILES string of the molecule is CN=C(NCCNC(=O)c1ccccc1Cl)NCc1cccc(F)c1.I. The zero-order valence-corrected chi connectivity index (χ0v) is 17.3. The molecule has 1 amide bonds. The van der Waals surface area contributed by atoms with Gasteiger partial charge in [-0.15, -0.1) is 24.0 Å². The highest BCUT2D eigenvalue weighted by atomic mass is 127. The first kappa shape index (κ1) is 22.2. The first-order chi connectivity index (χ1) is 12.1. The van der Waals surface area contributed by atoms with Gasteiger partial charge in [-0.1, -0.05) is 35.9 Å². The number of carbonyl (C=O) groups is 1. The van der Waals surface area contributed by atoms with E-state index in [1.54, 1.807) is 37.4 Å². The molecule has 2 aromatic rings. The Bertz CT molecular complexity index is 757. The Labute approximate surface area is 174 Å². The highest BCUT2D eigenvalue weighted by Crippen LogP contribution is 2.14. The summed E-state index contributed by atoms with van der Waals surface area (Å²) in [5, 5.41) is 9.35. The second kappa shape index (κ2) is 11.7. The molecule has 2 aromatic carbocycles. The van der Waals surface area contributed by atoms with Crippen LogP contribution in [-0.2, 0) is 6.54 Å². The summed E-state index contributed by atoms with van der Waals surface area (Å²) < 4.78 is 13.1. The zero-order valence-electron chi connectivity index (χ0n) is 14.3. The van der Waals surface area contributed by atoms with Gasteiger partial charge < -0.3 is 16.0 Å². The van der Waals surface area contributed by atoms with Gasteiger partial charge in [-0.25, -0.2) is 4.39 Å². The summed E-state index contributed by atoms with van der Waals surface area (Å²) in [6.45, 7) is 1.34. The van der Waals surface area contributed by atoms with Crippen molar-refractivity contribution in [2.75, 3.05) is 20.1 Å². The predicted octanol–water partition coefficient (Wildman–Crippen LogP) is 3.19. The molecular weight excluding hydrogens is 470 g/mol. The Morgan fingerprint density at radius 2 is 1.81 bits per heavy atom. The van der Waals surface area contributed by atoms with E-state index in [4.69, 9.17) is 11.6 Å². The zero-order chi connectivity index (χ0) is 18.1. The van der Waals surface area contributed by atoms with Crippen molar-refractivity contribution in [1.29, 1.82) is 0 Å². The van der Waals surface area contributed by atoms with Crippen molar-refractivity contribution in [2.24, 2.45) is 4.99 Å². The smallest absolute Gasteiger partial charge is 0.252 e. The topological polar surface area (TPSA) is 65.5 Å². The van der Waals surface area contributed by atoms with E-state index in [1.807, 2.05) is 6.07 Å². The predicted molar refractivity (Wildman–Crippen MR) is 114 cm³/mol. The highest BCUT2D eigenvalue weighted by molar-refractivity contribution is 14.0. The second-order valence-electron chi connectivity index (χ2n) is 5.22. The van der Waals surface area contributed by atoms with Gasteiger partial charge in [-0.2, -0.15) is 0 Å². The summed E-state index contributed by atoms with van der Waals surface area (Å²) in [6.07, 6.45) is 0. The van der Waals surface area contributed by atoms with E-state index in [0.717, 1.165) is 5.56 Å². The molecule has 0 unspecified atom stereocenters. The largest absolute Gasteiger partial charge is 0.355 e. The van der Waals surface area contributed by atoms with Crippen LogP contribution in [0.15, 0.2) is 53.5 Å². The van der Waals surface area contributed by atoms with E-state index in [2.05, 4.69) is 20.9 Å². The van der Waals surface area contributed by atoms with Crippen molar-refractivity contribution in [3.8, 4) is 0 Å². The molecule has 3 N–H and O–H groups in total. The van der Waals surface area contributed by atoms with Crippen LogP contribution in [0.4, 0.5) is 4.39 Å². The minimum atomic E-state index is -0.274. The van der Waals surface area contributed by atoms with E-state index in [9.17, 15) is 9.18 Å². The van der Waals surface area contributed by atoms with Crippen molar-refractivity contribution < 1.29 is 9.18 Å². The van der Waals surface area contributed by atoms with Crippen LogP contribution in [0.1, 0.15) is 15.9 Å². The lowest BCUT2D eigenvalue weighted by Crippen LogP contribution is -2.41. The molecule has 2 rings (SSSR count). The van der Waals surface area contributed by atoms with E-state index in [1.165, 1.54) is 12.1 Å². The molecule has 26 heavy (non-hydrogen) atoms. The minimum Gasteiger partial charge on any atom is -0.355 e. The third-order valence-corrected chi connectivity index (χ3v) is 3.72. The molecule has 0 saturated carbocycles. The third kappa shape index (κ3) is 7.17. The monoisotopic (exact) mass is 490 g/mol. The number of hydrogen-bond acceptors (Lipinski definition) is 2. The summed E-state index contributed by atoms with van der Waals surface area (Å²) in [5.74, 6) is 0.0656. The molecule has 0 aliphatic heterocycles. The molecule has 0 saturated heterocycles. The number of rotatable bonds is 6. The second-order valence-corrected chi connectivity index (χ2v) is 5.63. The van der Waals surface area contributed by atoms with Gasteiger partial charge in [0.25, 0.3) is 5.91 Å². The van der Waals surface area contributed by atoms with Crippen LogP contribution in [0.25, 0.3) is 0 Å². The van der Waals surface area contributed by atoms with Crippen molar-refractivity contribution in [3.05, 3.63) is 70.5 Å². The van der Waals surface area contributed by atoms with Crippen LogP contribution >= 0.6 is 35.6 Å². The highest BCUT2D eigenvalue weighted by Gasteiger charge is 2.08. The lowest BCUT2D eigenvalue weighted by Gasteiger charge is -2.12. The standard InChI is InChI=1S/C18H20ClFN4O.HI/c1-21-18(24-12-13-5-4-6-14(20)11-13)23-10-9-22-17(25)15-7-2-3-8-16(15)19;/h2-8,11H,9-10,12H2,1H3,(H,22,25)(H2,21,23,24);1H. The quantitative estimate of drug-likeness (QED) is 0.252. The van der Waals surface area contributed by atoms with Gasteiger partial charge in [0, 0.05) is 26.7 Å². The van der Waals surface area contributed by atoms with Gasteiger partial charge in [0.1, 0.15) is 5.82 Å². The van der Waals surface area contributed by atoms with Crippen LogP contribution in [0.5, 0.6) is 0 Å². The van der Waals surface area contributed by atoms with Crippen LogP contribution < -0.4 is 16.0 Å². The maximum absolute atomic E-state index is 13.1. The van der Waals surface area contributed by atoms with E-state index < -0.39 is 0 Å². The fourth-order valence-electron chi connectivity index (χ4n) is 2.15. The normalized spacial score (nSPS) is 10.7. The molecule has 0 heterocycles. The number of hydrogen-bond donors (Lipinski definition) is 3. The van der Waals surface area contributed by atoms with Crippen molar-refractivity contribution in [3.63, 3.8) is 0 Å². The lowest BCUT2D eigenvalue weighted by molar-refractivity contribution is 0.0954. The van der Waals surface area contributed by atoms with Crippen molar-refractivity contribution in [1.82, 2.24) is 16.0 Å². The van der Waals surface area contributed by atoms with Gasteiger partial charge in [-0.05, 0) is 29.8 Å². The Balaban J connectivity index is 0.00000338. The molecule has 0 fully saturated rings. The summed E-state index contributed by atoms with van der Waals surface area (Å²) in [5.41, 5.74) is 1.26. The fraction of sp³-hybridized carbons (Fsp3) is 0.222. The Morgan fingerprint density at radius 3 is 2.50 bits per heavy atom. The molecule has 8 heteroatoms. The number of guanidine groups is 1. The molecule has 0 atom stereocenters.